The minimum Gasteiger partial charge on any atom is -0.387 e. The Morgan fingerprint density at radius 1 is 1.05 bits per heavy atom. The number of sulfonamides is 1. The first-order chi connectivity index (χ1) is 17.7. The second kappa shape index (κ2) is 12.0. The summed E-state index contributed by atoms with van der Waals surface area (Å²) in [4.78, 5) is 21.5. The molecule has 0 saturated carbocycles. The van der Waals surface area contributed by atoms with E-state index in [9.17, 15) is 13.2 Å². The van der Waals surface area contributed by atoms with Crippen LogP contribution in [0.4, 0.5) is 5.69 Å². The van der Waals surface area contributed by atoms with Gasteiger partial charge in [-0.1, -0.05) is 37.3 Å². The third-order valence-corrected chi connectivity index (χ3v) is 7.65. The van der Waals surface area contributed by atoms with Gasteiger partial charge >= 0.3 is 0 Å². The van der Waals surface area contributed by atoms with Gasteiger partial charge in [-0.2, -0.15) is 0 Å². The minimum atomic E-state index is -3.46. The van der Waals surface area contributed by atoms with Crippen molar-refractivity contribution in [1.82, 2.24) is 9.80 Å². The summed E-state index contributed by atoms with van der Waals surface area (Å²) < 4.78 is 22.6. The number of primary sulfonamides is 1. The molecule has 2 aliphatic rings. The monoisotopic (exact) mass is 523 g/mol. The quantitative estimate of drug-likeness (QED) is 0.491. The Bertz CT molecular complexity index is 1280. The second-order valence-electron chi connectivity index (χ2n) is 9.93. The molecule has 8 nitrogen and oxygen atoms in total. The Kier molecular flexibility index (Phi) is 8.79. The minimum absolute atomic E-state index is 0.0190. The number of amides is 1. The molecule has 0 radical (unpaired) electrons. The lowest BCUT2D eigenvalue weighted by atomic mass is 10.00. The molecule has 37 heavy (non-hydrogen) atoms. The number of nitrogens with zero attached hydrogens (tertiary/aromatic N) is 3. The third kappa shape index (κ3) is 7.50. The highest BCUT2D eigenvalue weighted by molar-refractivity contribution is 7.89. The normalized spacial score (nSPS) is 15.8. The Morgan fingerprint density at radius 3 is 2.43 bits per heavy atom. The SMILES string of the molecule is CCCN(CCCS(N)(=O)=O)CC1=Cc2ccc(-c3ccc(C(=O)N4CCCC4)cc3)cc2N=C(N)C1. The van der Waals surface area contributed by atoms with Gasteiger partial charge in [-0.05, 0) is 73.7 Å². The van der Waals surface area contributed by atoms with Crippen molar-refractivity contribution in [2.45, 2.75) is 39.0 Å². The fraction of sp³-hybridized carbons (Fsp3) is 0.429. The largest absolute Gasteiger partial charge is 0.387 e. The van der Waals surface area contributed by atoms with Crippen molar-refractivity contribution in [3.63, 3.8) is 0 Å². The van der Waals surface area contributed by atoms with E-state index in [1.807, 2.05) is 35.2 Å². The van der Waals surface area contributed by atoms with Gasteiger partial charge in [0.25, 0.3) is 5.91 Å². The predicted octanol–water partition coefficient (Wildman–Crippen LogP) is 3.76. The molecule has 198 valence electrons. The molecule has 1 amide bonds. The van der Waals surface area contributed by atoms with E-state index in [0.29, 0.717) is 31.8 Å². The standard InChI is InChI=1S/C28H37N5O3S/c1-2-12-32(13-5-16-37(30,35)36)20-21-17-25-11-10-24(19-26(25)31-27(29)18-21)22-6-8-23(9-7-22)28(34)33-14-3-4-15-33/h6-11,17,19H,2-5,12-16,18,20H2,1H3,(H2,29,31)(H2,30,35,36). The molecule has 0 aliphatic carbocycles. The van der Waals surface area contributed by atoms with E-state index in [-0.39, 0.29) is 11.7 Å². The van der Waals surface area contributed by atoms with Crippen LogP contribution in [0.5, 0.6) is 0 Å². The summed E-state index contributed by atoms with van der Waals surface area (Å²) >= 11 is 0. The van der Waals surface area contributed by atoms with Gasteiger partial charge in [0.05, 0.1) is 11.4 Å². The molecule has 0 unspecified atom stereocenters. The highest BCUT2D eigenvalue weighted by atomic mass is 32.2. The number of carbonyl (C=O) groups is 1. The molecular weight excluding hydrogens is 486 g/mol. The number of hydrogen-bond acceptors (Lipinski definition) is 6. The van der Waals surface area contributed by atoms with Gasteiger partial charge < -0.3 is 10.6 Å². The van der Waals surface area contributed by atoms with Crippen LogP contribution in [0, 0.1) is 0 Å². The van der Waals surface area contributed by atoms with Gasteiger partial charge in [-0.15, -0.1) is 0 Å². The number of hydrogen-bond donors (Lipinski definition) is 2. The van der Waals surface area contributed by atoms with Crippen molar-refractivity contribution in [2.24, 2.45) is 15.9 Å². The van der Waals surface area contributed by atoms with E-state index in [1.54, 1.807) is 0 Å². The fourth-order valence-corrected chi connectivity index (χ4v) is 5.54. The molecule has 0 atom stereocenters. The van der Waals surface area contributed by atoms with Crippen LogP contribution in [0.1, 0.15) is 54.9 Å². The molecule has 2 aromatic rings. The van der Waals surface area contributed by atoms with Gasteiger partial charge in [-0.25, -0.2) is 18.5 Å². The van der Waals surface area contributed by atoms with Crippen LogP contribution >= 0.6 is 0 Å². The van der Waals surface area contributed by atoms with Crippen molar-refractivity contribution in [3.05, 3.63) is 59.2 Å². The van der Waals surface area contributed by atoms with Gasteiger partial charge in [0.15, 0.2) is 0 Å². The van der Waals surface area contributed by atoms with Crippen molar-refractivity contribution >= 4 is 33.5 Å². The van der Waals surface area contributed by atoms with Gasteiger partial charge in [0, 0.05) is 37.2 Å². The lowest BCUT2D eigenvalue weighted by molar-refractivity contribution is 0.0793. The average molecular weight is 524 g/mol. The smallest absolute Gasteiger partial charge is 0.253 e. The molecule has 2 aromatic carbocycles. The summed E-state index contributed by atoms with van der Waals surface area (Å²) in [5.74, 6) is 0.631. The first kappa shape index (κ1) is 27.0. The number of aliphatic imine (C=N–C) groups is 1. The zero-order valence-electron chi connectivity index (χ0n) is 21.5. The molecule has 4 rings (SSSR count). The maximum absolute atomic E-state index is 12.7. The van der Waals surface area contributed by atoms with E-state index in [0.717, 1.165) is 72.4 Å². The highest BCUT2D eigenvalue weighted by Crippen LogP contribution is 2.32. The highest BCUT2D eigenvalue weighted by Gasteiger charge is 2.19. The molecule has 0 spiro atoms. The lowest BCUT2D eigenvalue weighted by Gasteiger charge is -2.23. The molecule has 9 heteroatoms. The third-order valence-electron chi connectivity index (χ3n) is 6.79. The topological polar surface area (TPSA) is 122 Å². The Balaban J connectivity index is 1.50. The zero-order chi connectivity index (χ0) is 26.4. The van der Waals surface area contributed by atoms with Crippen LogP contribution in [-0.4, -0.2) is 68.4 Å². The molecule has 1 saturated heterocycles. The van der Waals surface area contributed by atoms with E-state index in [1.165, 1.54) is 0 Å². The Labute approximate surface area is 220 Å². The summed E-state index contributed by atoms with van der Waals surface area (Å²) in [5, 5.41) is 5.17. The van der Waals surface area contributed by atoms with Gasteiger partial charge in [0.2, 0.25) is 10.0 Å². The number of likely N-dealkylation sites (tertiary alicyclic amines) is 1. The average Bonchev–Trinajstić information content (AvgIpc) is 3.34. The summed E-state index contributed by atoms with van der Waals surface area (Å²) in [6.07, 6.45) is 6.32. The summed E-state index contributed by atoms with van der Waals surface area (Å²) in [6.45, 7) is 6.00. The molecule has 0 aromatic heterocycles. The number of amidine groups is 1. The van der Waals surface area contributed by atoms with Crippen LogP contribution in [0.2, 0.25) is 0 Å². The molecule has 0 bridgehead atoms. The lowest BCUT2D eigenvalue weighted by Crippen LogP contribution is -2.31. The summed E-state index contributed by atoms with van der Waals surface area (Å²) in [7, 11) is -3.46. The number of benzene rings is 2. The van der Waals surface area contributed by atoms with E-state index in [4.69, 9.17) is 10.9 Å². The van der Waals surface area contributed by atoms with E-state index < -0.39 is 10.0 Å². The molecule has 1 fully saturated rings. The maximum atomic E-state index is 12.7. The Morgan fingerprint density at radius 2 is 1.76 bits per heavy atom. The molecule has 4 N–H and O–H groups in total. The molecular formula is C28H37N5O3S. The summed E-state index contributed by atoms with van der Waals surface area (Å²) in [6, 6.07) is 13.9. The molecule has 2 heterocycles. The number of rotatable bonds is 10. The number of fused-ring (bicyclic) bond motifs is 1. The van der Waals surface area contributed by atoms with Crippen molar-refractivity contribution in [2.75, 3.05) is 38.5 Å². The summed E-state index contributed by atoms with van der Waals surface area (Å²) in [5.41, 5.74) is 12.0. The van der Waals surface area contributed by atoms with Crippen molar-refractivity contribution < 1.29 is 13.2 Å². The maximum Gasteiger partial charge on any atom is 0.253 e. The van der Waals surface area contributed by atoms with E-state index >= 15 is 0 Å². The van der Waals surface area contributed by atoms with Crippen molar-refractivity contribution in [3.8, 4) is 11.1 Å². The van der Waals surface area contributed by atoms with Crippen LogP contribution < -0.4 is 10.9 Å². The Hall–Kier alpha value is -3.01. The zero-order valence-corrected chi connectivity index (χ0v) is 22.3. The molecule has 2 aliphatic heterocycles. The first-order valence-electron chi connectivity index (χ1n) is 13.0. The fourth-order valence-electron chi connectivity index (χ4n) is 5.01. The van der Waals surface area contributed by atoms with Crippen LogP contribution in [0.25, 0.3) is 17.2 Å². The first-order valence-corrected chi connectivity index (χ1v) is 14.7. The van der Waals surface area contributed by atoms with Gasteiger partial charge in [-0.3, -0.25) is 9.69 Å². The second-order valence-corrected chi connectivity index (χ2v) is 11.7. The van der Waals surface area contributed by atoms with Crippen molar-refractivity contribution in [1.29, 1.82) is 0 Å². The van der Waals surface area contributed by atoms with Gasteiger partial charge in [0.1, 0.15) is 5.84 Å². The number of nitrogens with two attached hydrogens (primary N) is 2. The predicted molar refractivity (Wildman–Crippen MR) is 150 cm³/mol. The van der Waals surface area contributed by atoms with Crippen LogP contribution in [0.3, 0.4) is 0 Å². The van der Waals surface area contributed by atoms with Crippen LogP contribution in [0.15, 0.2) is 53.0 Å². The van der Waals surface area contributed by atoms with Crippen LogP contribution in [-0.2, 0) is 10.0 Å². The number of carbonyl (C=O) groups excluding carboxylic acids is 1. The van der Waals surface area contributed by atoms with E-state index in [2.05, 4.69) is 35.0 Å².